The summed E-state index contributed by atoms with van der Waals surface area (Å²) >= 11 is 7.35. The Morgan fingerprint density at radius 3 is 2.68 bits per heavy atom. The van der Waals surface area contributed by atoms with Gasteiger partial charge in [-0.25, -0.2) is 4.79 Å². The molecule has 7 heteroatoms. The average Bonchev–Trinajstić information content (AvgIpc) is 3.11. The van der Waals surface area contributed by atoms with E-state index in [0.717, 1.165) is 22.0 Å². The van der Waals surface area contributed by atoms with E-state index in [1.165, 1.54) is 18.9 Å². The standard InChI is InChI=1S/C21H21ClN2O3S/c1-27-21(26)19(10-15-11-23-18-5-3-2-4-17(15)18)24-20(25)13-28-12-14-6-8-16(22)9-7-14/h2-9,11,19,23H,10,12-13H2,1H3,(H,24,25)/t19-/m0/s1. The number of nitrogens with one attached hydrogen (secondary N) is 2. The first-order valence-electron chi connectivity index (χ1n) is 8.81. The van der Waals surface area contributed by atoms with E-state index in [1.807, 2.05) is 54.7 Å². The van der Waals surface area contributed by atoms with E-state index in [-0.39, 0.29) is 11.7 Å². The maximum absolute atomic E-state index is 12.3. The molecule has 146 valence electrons. The number of para-hydroxylation sites is 1. The number of ether oxygens (including phenoxy) is 1. The second-order valence-corrected chi connectivity index (χ2v) is 7.75. The van der Waals surface area contributed by atoms with Gasteiger partial charge in [0, 0.05) is 34.3 Å². The van der Waals surface area contributed by atoms with Gasteiger partial charge in [-0.15, -0.1) is 11.8 Å². The van der Waals surface area contributed by atoms with Gasteiger partial charge in [0.15, 0.2) is 0 Å². The quantitative estimate of drug-likeness (QED) is 0.545. The van der Waals surface area contributed by atoms with Crippen molar-refractivity contribution < 1.29 is 14.3 Å². The van der Waals surface area contributed by atoms with Gasteiger partial charge in [-0.1, -0.05) is 41.9 Å². The van der Waals surface area contributed by atoms with E-state index < -0.39 is 12.0 Å². The first kappa shape index (κ1) is 20.3. The number of H-pyrrole nitrogens is 1. The Morgan fingerprint density at radius 2 is 1.93 bits per heavy atom. The van der Waals surface area contributed by atoms with Crippen LogP contribution in [0.5, 0.6) is 0 Å². The molecular weight excluding hydrogens is 396 g/mol. The molecule has 0 fully saturated rings. The Bertz CT molecular complexity index is 956. The highest BCUT2D eigenvalue weighted by molar-refractivity contribution is 7.99. The smallest absolute Gasteiger partial charge is 0.328 e. The zero-order chi connectivity index (χ0) is 19.9. The molecule has 0 saturated heterocycles. The Morgan fingerprint density at radius 1 is 1.18 bits per heavy atom. The van der Waals surface area contributed by atoms with Crippen molar-refractivity contribution in [2.24, 2.45) is 0 Å². The van der Waals surface area contributed by atoms with Crippen LogP contribution in [0.4, 0.5) is 0 Å². The predicted octanol–water partition coefficient (Wildman–Crippen LogP) is 3.96. The van der Waals surface area contributed by atoms with Crippen molar-refractivity contribution in [2.75, 3.05) is 12.9 Å². The van der Waals surface area contributed by atoms with Crippen molar-refractivity contribution in [3.05, 3.63) is 70.9 Å². The summed E-state index contributed by atoms with van der Waals surface area (Å²) in [6.45, 7) is 0. The van der Waals surface area contributed by atoms with Gasteiger partial charge in [-0.2, -0.15) is 0 Å². The number of carbonyl (C=O) groups is 2. The minimum absolute atomic E-state index is 0.200. The molecule has 5 nitrogen and oxygen atoms in total. The third kappa shape index (κ3) is 5.30. The molecule has 0 radical (unpaired) electrons. The zero-order valence-corrected chi connectivity index (χ0v) is 17.0. The number of amides is 1. The number of rotatable bonds is 8. The molecule has 2 N–H and O–H groups in total. The minimum atomic E-state index is -0.729. The van der Waals surface area contributed by atoms with Crippen LogP contribution in [0.2, 0.25) is 5.02 Å². The van der Waals surface area contributed by atoms with Crippen molar-refractivity contribution >= 4 is 46.1 Å². The SMILES string of the molecule is COC(=O)[C@H](Cc1c[nH]c2ccccc12)NC(=O)CSCc1ccc(Cl)cc1. The summed E-state index contributed by atoms with van der Waals surface area (Å²) in [6, 6.07) is 14.6. The van der Waals surface area contributed by atoms with Crippen molar-refractivity contribution in [3.63, 3.8) is 0 Å². The first-order valence-corrected chi connectivity index (χ1v) is 10.3. The summed E-state index contributed by atoms with van der Waals surface area (Å²) < 4.78 is 4.88. The van der Waals surface area contributed by atoms with Crippen LogP contribution in [0.3, 0.4) is 0 Å². The van der Waals surface area contributed by atoms with Gasteiger partial charge in [-0.05, 0) is 29.3 Å². The van der Waals surface area contributed by atoms with Crippen molar-refractivity contribution in [1.82, 2.24) is 10.3 Å². The highest BCUT2D eigenvalue weighted by Gasteiger charge is 2.23. The average molecular weight is 417 g/mol. The van der Waals surface area contributed by atoms with Crippen LogP contribution >= 0.6 is 23.4 Å². The number of thioether (sulfide) groups is 1. The Kier molecular flexibility index (Phi) is 7.01. The number of benzene rings is 2. The summed E-state index contributed by atoms with van der Waals surface area (Å²) in [4.78, 5) is 27.7. The van der Waals surface area contributed by atoms with E-state index in [0.29, 0.717) is 17.2 Å². The lowest BCUT2D eigenvalue weighted by Gasteiger charge is -2.16. The molecule has 28 heavy (non-hydrogen) atoms. The number of esters is 1. The third-order valence-corrected chi connectivity index (χ3v) is 5.59. The van der Waals surface area contributed by atoms with Gasteiger partial charge < -0.3 is 15.0 Å². The number of halogens is 1. The zero-order valence-electron chi connectivity index (χ0n) is 15.4. The van der Waals surface area contributed by atoms with Crippen molar-refractivity contribution in [2.45, 2.75) is 18.2 Å². The molecule has 0 aliphatic heterocycles. The molecule has 1 amide bonds. The Balaban J connectivity index is 1.58. The van der Waals surface area contributed by atoms with E-state index >= 15 is 0 Å². The number of aromatic amines is 1. The fourth-order valence-electron chi connectivity index (χ4n) is 2.93. The molecule has 0 bridgehead atoms. The highest BCUT2D eigenvalue weighted by atomic mass is 35.5. The van der Waals surface area contributed by atoms with E-state index in [9.17, 15) is 9.59 Å². The molecule has 1 atom stereocenters. The normalized spacial score (nSPS) is 11.9. The number of fused-ring (bicyclic) bond motifs is 1. The maximum Gasteiger partial charge on any atom is 0.328 e. The molecule has 3 rings (SSSR count). The predicted molar refractivity (Wildman–Crippen MR) is 114 cm³/mol. The van der Waals surface area contributed by atoms with Crippen LogP contribution in [0.25, 0.3) is 10.9 Å². The summed E-state index contributed by atoms with van der Waals surface area (Å²) in [5.41, 5.74) is 3.04. The molecule has 1 heterocycles. The largest absolute Gasteiger partial charge is 0.467 e. The highest BCUT2D eigenvalue weighted by Crippen LogP contribution is 2.20. The Labute approximate surface area is 172 Å². The van der Waals surface area contributed by atoms with Crippen LogP contribution in [0, 0.1) is 0 Å². The van der Waals surface area contributed by atoms with E-state index in [1.54, 1.807) is 0 Å². The van der Waals surface area contributed by atoms with Crippen molar-refractivity contribution in [1.29, 1.82) is 0 Å². The molecule has 0 saturated carbocycles. The number of carbonyl (C=O) groups excluding carboxylic acids is 2. The van der Waals surface area contributed by atoms with Gasteiger partial charge in [0.05, 0.1) is 12.9 Å². The molecule has 0 unspecified atom stereocenters. The summed E-state index contributed by atoms with van der Waals surface area (Å²) in [5.74, 6) is 0.287. The van der Waals surface area contributed by atoms with Gasteiger partial charge in [0.25, 0.3) is 0 Å². The molecular formula is C21H21ClN2O3S. The third-order valence-electron chi connectivity index (χ3n) is 4.34. The second-order valence-electron chi connectivity index (χ2n) is 6.33. The molecule has 0 aliphatic carbocycles. The monoisotopic (exact) mass is 416 g/mol. The van der Waals surface area contributed by atoms with Crippen LogP contribution < -0.4 is 5.32 Å². The molecule has 0 aliphatic rings. The molecule has 2 aromatic carbocycles. The van der Waals surface area contributed by atoms with Crippen LogP contribution in [0.1, 0.15) is 11.1 Å². The number of hydrogen-bond acceptors (Lipinski definition) is 4. The van der Waals surface area contributed by atoms with Gasteiger partial charge >= 0.3 is 5.97 Å². The lowest BCUT2D eigenvalue weighted by Crippen LogP contribution is -2.43. The van der Waals surface area contributed by atoms with Gasteiger partial charge in [0.1, 0.15) is 6.04 Å². The van der Waals surface area contributed by atoms with Gasteiger partial charge in [0.2, 0.25) is 5.91 Å². The summed E-state index contributed by atoms with van der Waals surface area (Å²) in [7, 11) is 1.33. The molecule has 1 aromatic heterocycles. The second kappa shape index (κ2) is 9.66. The molecule has 3 aromatic rings. The Hall–Kier alpha value is -2.44. The first-order chi connectivity index (χ1) is 13.6. The topological polar surface area (TPSA) is 71.2 Å². The number of methoxy groups -OCH3 is 1. The lowest BCUT2D eigenvalue weighted by atomic mass is 10.0. The van der Waals surface area contributed by atoms with Gasteiger partial charge in [-0.3, -0.25) is 4.79 Å². The van der Waals surface area contributed by atoms with E-state index in [4.69, 9.17) is 16.3 Å². The van der Waals surface area contributed by atoms with E-state index in [2.05, 4.69) is 10.3 Å². The fourth-order valence-corrected chi connectivity index (χ4v) is 3.86. The fraction of sp³-hybridized carbons (Fsp3) is 0.238. The minimum Gasteiger partial charge on any atom is -0.467 e. The van der Waals surface area contributed by atoms with Crippen LogP contribution in [-0.4, -0.2) is 35.8 Å². The summed E-state index contributed by atoms with van der Waals surface area (Å²) in [6.07, 6.45) is 2.23. The van der Waals surface area contributed by atoms with Crippen LogP contribution in [-0.2, 0) is 26.5 Å². The van der Waals surface area contributed by atoms with Crippen LogP contribution in [0.15, 0.2) is 54.7 Å². The molecule has 0 spiro atoms. The summed E-state index contributed by atoms with van der Waals surface area (Å²) in [5, 5.41) is 4.51. The lowest BCUT2D eigenvalue weighted by molar-refractivity contribution is -0.144. The number of aromatic nitrogens is 1. The number of hydrogen-bond donors (Lipinski definition) is 2. The maximum atomic E-state index is 12.3. The van der Waals surface area contributed by atoms with Crippen molar-refractivity contribution in [3.8, 4) is 0 Å².